The topological polar surface area (TPSA) is 55.8 Å². The largest absolute Gasteiger partial charge is 0.527 e. The minimum Gasteiger partial charge on any atom is -0.404 e. The highest BCUT2D eigenvalue weighted by Gasteiger charge is 2.27. The van der Waals surface area contributed by atoms with Gasteiger partial charge in [-0.05, 0) is 34.9 Å². The van der Waals surface area contributed by atoms with Crippen LogP contribution >= 0.6 is 7.82 Å². The van der Waals surface area contributed by atoms with Gasteiger partial charge in [0.05, 0.1) is 0 Å². The van der Waals surface area contributed by atoms with E-state index in [1.807, 2.05) is 12.1 Å². The predicted octanol–water partition coefficient (Wildman–Crippen LogP) is 4.53. The summed E-state index contributed by atoms with van der Waals surface area (Å²) in [5, 5.41) is 0. The van der Waals surface area contributed by atoms with E-state index in [-0.39, 0.29) is 10.8 Å². The van der Waals surface area contributed by atoms with Crippen LogP contribution in [0.5, 0.6) is 5.75 Å². The number of benzene rings is 1. The highest BCUT2D eigenvalue weighted by Crippen LogP contribution is 2.43. The monoisotopic (exact) mass is 300 g/mol. The van der Waals surface area contributed by atoms with Crippen LogP contribution < -0.4 is 4.52 Å². The van der Waals surface area contributed by atoms with E-state index in [4.69, 9.17) is 4.52 Å². The quantitative estimate of drug-likeness (QED) is 0.812. The molecule has 0 aliphatic heterocycles. The summed E-state index contributed by atoms with van der Waals surface area (Å²) in [6.45, 7) is 11.0. The van der Waals surface area contributed by atoms with Crippen molar-refractivity contribution in [3.63, 3.8) is 0 Å². The standard InChI is InChI=1S/C15H25O4P/c1-14(2,3)11-15(4,5)12-7-9-13(10-8-12)19-20(16,17)18-6/h7-10H,11H2,1-6H3,(H,16,17). The third-order valence-corrected chi connectivity index (χ3v) is 3.96. The Morgan fingerprint density at radius 1 is 1.10 bits per heavy atom. The molecule has 0 heterocycles. The molecule has 0 radical (unpaired) electrons. The van der Waals surface area contributed by atoms with Crippen molar-refractivity contribution >= 4 is 7.82 Å². The number of phosphoric ester groups is 1. The van der Waals surface area contributed by atoms with Gasteiger partial charge in [-0.2, -0.15) is 0 Å². The van der Waals surface area contributed by atoms with Crippen LogP contribution in [0.25, 0.3) is 0 Å². The molecule has 0 aliphatic carbocycles. The maximum absolute atomic E-state index is 11.3. The summed E-state index contributed by atoms with van der Waals surface area (Å²) in [5.74, 6) is 0.327. The zero-order chi connectivity index (χ0) is 15.6. The van der Waals surface area contributed by atoms with Gasteiger partial charge < -0.3 is 4.52 Å². The zero-order valence-electron chi connectivity index (χ0n) is 13.1. The van der Waals surface area contributed by atoms with E-state index in [1.165, 1.54) is 5.56 Å². The number of rotatable bonds is 5. The van der Waals surface area contributed by atoms with Crippen molar-refractivity contribution in [1.82, 2.24) is 0 Å². The van der Waals surface area contributed by atoms with E-state index in [0.29, 0.717) is 5.75 Å². The molecule has 0 saturated carbocycles. The smallest absolute Gasteiger partial charge is 0.404 e. The van der Waals surface area contributed by atoms with Gasteiger partial charge >= 0.3 is 7.82 Å². The van der Waals surface area contributed by atoms with E-state index < -0.39 is 7.82 Å². The van der Waals surface area contributed by atoms with Crippen LogP contribution in [0.1, 0.15) is 46.6 Å². The van der Waals surface area contributed by atoms with Gasteiger partial charge in [0.2, 0.25) is 0 Å². The minimum absolute atomic E-state index is 0.0287. The summed E-state index contributed by atoms with van der Waals surface area (Å²) in [6.07, 6.45) is 1.04. The Hall–Kier alpha value is -0.830. The number of phosphoric acid groups is 1. The van der Waals surface area contributed by atoms with Gasteiger partial charge in [-0.25, -0.2) is 4.57 Å². The fourth-order valence-corrected chi connectivity index (χ4v) is 3.03. The van der Waals surface area contributed by atoms with Crippen molar-refractivity contribution < 1.29 is 18.5 Å². The van der Waals surface area contributed by atoms with E-state index >= 15 is 0 Å². The van der Waals surface area contributed by atoms with Crippen LogP contribution in [0.3, 0.4) is 0 Å². The second kappa shape index (κ2) is 5.88. The lowest BCUT2D eigenvalue weighted by molar-refractivity contribution is 0.242. The Balaban J connectivity index is 2.88. The molecule has 1 atom stereocenters. The summed E-state index contributed by atoms with van der Waals surface area (Å²) >= 11 is 0. The van der Waals surface area contributed by atoms with Gasteiger partial charge in [0, 0.05) is 7.11 Å². The van der Waals surface area contributed by atoms with Crippen molar-refractivity contribution in [2.45, 2.75) is 46.5 Å². The summed E-state index contributed by atoms with van der Waals surface area (Å²) in [4.78, 5) is 9.27. The molecule has 0 aliphatic rings. The molecule has 0 bridgehead atoms. The molecule has 0 fully saturated rings. The average Bonchev–Trinajstić information content (AvgIpc) is 2.26. The normalized spacial score (nSPS) is 15.8. The highest BCUT2D eigenvalue weighted by molar-refractivity contribution is 7.47. The molecule has 20 heavy (non-hydrogen) atoms. The average molecular weight is 300 g/mol. The first kappa shape index (κ1) is 17.2. The molecule has 5 heteroatoms. The Kier molecular flexibility index (Phi) is 5.07. The maximum Gasteiger partial charge on any atom is 0.527 e. The second-order valence-corrected chi connectivity index (χ2v) is 8.37. The van der Waals surface area contributed by atoms with Gasteiger partial charge in [-0.3, -0.25) is 9.42 Å². The van der Waals surface area contributed by atoms with Crippen molar-refractivity contribution in [2.75, 3.05) is 7.11 Å². The van der Waals surface area contributed by atoms with Crippen molar-refractivity contribution in [2.24, 2.45) is 5.41 Å². The molecule has 1 unspecified atom stereocenters. The first-order valence-corrected chi connectivity index (χ1v) is 8.13. The molecule has 0 saturated heterocycles. The highest BCUT2D eigenvalue weighted by atomic mass is 31.2. The molecule has 1 N–H and O–H groups in total. The van der Waals surface area contributed by atoms with Gasteiger partial charge in [-0.15, -0.1) is 0 Å². The molecular formula is C15H25O4P. The van der Waals surface area contributed by atoms with Crippen molar-refractivity contribution in [1.29, 1.82) is 0 Å². The molecule has 4 nitrogen and oxygen atoms in total. The third kappa shape index (κ3) is 5.28. The fraction of sp³-hybridized carbons (Fsp3) is 0.600. The lowest BCUT2D eigenvalue weighted by atomic mass is 9.72. The van der Waals surface area contributed by atoms with E-state index in [1.54, 1.807) is 12.1 Å². The summed E-state index contributed by atoms with van der Waals surface area (Å²) in [6, 6.07) is 7.25. The molecule has 0 aromatic heterocycles. The van der Waals surface area contributed by atoms with Crippen molar-refractivity contribution in [3.8, 4) is 5.75 Å². The second-order valence-electron chi connectivity index (χ2n) is 6.89. The van der Waals surface area contributed by atoms with Gasteiger partial charge in [0.1, 0.15) is 5.75 Å². The molecule has 0 spiro atoms. The third-order valence-electron chi connectivity index (χ3n) is 3.06. The molecule has 114 valence electrons. The number of hydrogen-bond donors (Lipinski definition) is 1. The lowest BCUT2D eigenvalue weighted by Crippen LogP contribution is -2.24. The molecular weight excluding hydrogens is 275 g/mol. The first-order valence-electron chi connectivity index (χ1n) is 6.64. The Bertz CT molecular complexity index is 486. The predicted molar refractivity (Wildman–Crippen MR) is 81.0 cm³/mol. The van der Waals surface area contributed by atoms with Crippen LogP contribution in [0.2, 0.25) is 0 Å². The van der Waals surface area contributed by atoms with Crippen LogP contribution in [-0.2, 0) is 14.5 Å². The van der Waals surface area contributed by atoms with Gasteiger partial charge in [-0.1, -0.05) is 46.8 Å². The lowest BCUT2D eigenvalue weighted by Gasteiger charge is -2.33. The van der Waals surface area contributed by atoms with Crippen LogP contribution in [0.4, 0.5) is 0 Å². The van der Waals surface area contributed by atoms with E-state index in [0.717, 1.165) is 13.5 Å². The summed E-state index contributed by atoms with van der Waals surface area (Å²) in [7, 11) is -2.84. The minimum atomic E-state index is -3.98. The van der Waals surface area contributed by atoms with Crippen LogP contribution in [-0.4, -0.2) is 12.0 Å². The Morgan fingerprint density at radius 3 is 2.00 bits per heavy atom. The van der Waals surface area contributed by atoms with E-state index in [2.05, 4.69) is 39.1 Å². The van der Waals surface area contributed by atoms with E-state index in [9.17, 15) is 9.46 Å². The van der Waals surface area contributed by atoms with Crippen LogP contribution in [0, 0.1) is 5.41 Å². The first-order chi connectivity index (χ1) is 8.95. The van der Waals surface area contributed by atoms with Gasteiger partial charge in [0.15, 0.2) is 0 Å². The summed E-state index contributed by atoms with van der Waals surface area (Å²) < 4.78 is 20.6. The fourth-order valence-electron chi connectivity index (χ4n) is 2.57. The van der Waals surface area contributed by atoms with Gasteiger partial charge in [0.25, 0.3) is 0 Å². The zero-order valence-corrected chi connectivity index (χ0v) is 14.0. The molecule has 1 aromatic rings. The molecule has 0 amide bonds. The maximum atomic E-state index is 11.3. The van der Waals surface area contributed by atoms with Crippen molar-refractivity contribution in [3.05, 3.63) is 29.8 Å². The van der Waals surface area contributed by atoms with Crippen LogP contribution in [0.15, 0.2) is 24.3 Å². The molecule has 1 rings (SSSR count). The Morgan fingerprint density at radius 2 is 1.60 bits per heavy atom. The Labute approximate surface area is 121 Å². The number of hydrogen-bond acceptors (Lipinski definition) is 3. The SMILES string of the molecule is COP(=O)(O)Oc1ccc(C(C)(C)CC(C)(C)C)cc1. The molecule has 1 aromatic carbocycles. The summed E-state index contributed by atoms with van der Waals surface area (Å²) in [5.41, 5.74) is 1.43.